The summed E-state index contributed by atoms with van der Waals surface area (Å²) in [5, 5.41) is 17.5. The minimum absolute atomic E-state index is 0.0773. The maximum absolute atomic E-state index is 13.9. The Hall–Kier alpha value is -6.85. The standard InChI is InChI=1S/C43H54N14O8S/c1-5-55-32(17-24(3)52-55)40(60)50-42-48-30-19-26(38(44)58)21-34(64-16-8-12-47-66(62,63)29-10-13-46-14-11-29)36(30)54(42)15-7-9-28-23-65-35-22-27(39(45)59)20-31-37(35)57(28)43(49-31)51-41(61)33-18-25(4)53-56(33)6-2/h17-22,28-29,46-47H,5-16,23H2,1-4H3,(H2,44,58)(H2,45,59)(H,48,50,60)(H,49,51,61)/t28-/m0/s1. The van der Waals surface area contributed by atoms with Crippen molar-refractivity contribution in [1.82, 2.24) is 48.7 Å². The lowest BCUT2D eigenvalue weighted by Crippen LogP contribution is -2.42. The van der Waals surface area contributed by atoms with Crippen molar-refractivity contribution in [3.8, 4) is 11.5 Å². The van der Waals surface area contributed by atoms with Crippen LogP contribution in [0.3, 0.4) is 0 Å². The maximum Gasteiger partial charge on any atom is 0.276 e. The summed E-state index contributed by atoms with van der Waals surface area (Å²) in [6.07, 6.45) is 2.28. The minimum Gasteiger partial charge on any atom is -0.491 e. The average Bonchev–Trinajstić information content (AvgIpc) is 4.07. The predicted octanol–water partition coefficient (Wildman–Crippen LogP) is 2.99. The molecule has 23 heteroatoms. The summed E-state index contributed by atoms with van der Waals surface area (Å²) in [6, 6.07) is 9.15. The molecular formula is C43H54N14O8S. The Kier molecular flexibility index (Phi) is 13.1. The Labute approximate surface area is 379 Å². The number of ether oxygens (including phenoxy) is 2. The number of imidazole rings is 2. The smallest absolute Gasteiger partial charge is 0.276 e. The highest BCUT2D eigenvalue weighted by atomic mass is 32.2. The number of hydrogen-bond donors (Lipinski definition) is 6. The highest BCUT2D eigenvalue weighted by molar-refractivity contribution is 7.90. The van der Waals surface area contributed by atoms with E-state index in [1.807, 2.05) is 18.4 Å². The number of anilines is 2. The molecule has 4 amide bonds. The number of primary amides is 2. The number of carbonyl (C=O) groups is 4. The maximum atomic E-state index is 13.9. The summed E-state index contributed by atoms with van der Waals surface area (Å²) in [6.45, 7) is 10.2. The molecular weight excluding hydrogens is 873 g/mol. The second-order valence-corrected chi connectivity index (χ2v) is 18.4. The molecule has 66 heavy (non-hydrogen) atoms. The monoisotopic (exact) mass is 926 g/mol. The average molecular weight is 927 g/mol. The molecule has 350 valence electrons. The molecule has 6 aromatic rings. The van der Waals surface area contributed by atoms with Gasteiger partial charge in [0.15, 0.2) is 0 Å². The molecule has 0 saturated carbocycles. The normalized spacial score (nSPS) is 15.2. The van der Waals surface area contributed by atoms with Crippen LogP contribution >= 0.6 is 0 Å². The van der Waals surface area contributed by atoms with Crippen molar-refractivity contribution in [3.05, 3.63) is 70.3 Å². The number of nitrogens with zero attached hydrogens (tertiary/aromatic N) is 8. The number of carbonyl (C=O) groups excluding carboxylic acids is 4. The second kappa shape index (κ2) is 18.9. The summed E-state index contributed by atoms with van der Waals surface area (Å²) >= 11 is 0. The molecule has 8 N–H and O–H groups in total. The van der Waals surface area contributed by atoms with Gasteiger partial charge < -0.3 is 35.4 Å². The van der Waals surface area contributed by atoms with E-state index < -0.39 is 38.9 Å². The van der Waals surface area contributed by atoms with Crippen LogP contribution in [0.2, 0.25) is 0 Å². The molecule has 0 spiro atoms. The van der Waals surface area contributed by atoms with Gasteiger partial charge in [0.25, 0.3) is 11.8 Å². The molecule has 2 aliphatic rings. The van der Waals surface area contributed by atoms with Crippen LogP contribution in [0.25, 0.3) is 22.1 Å². The lowest BCUT2D eigenvalue weighted by atomic mass is 10.1. The van der Waals surface area contributed by atoms with Crippen LogP contribution < -0.4 is 41.6 Å². The Bertz CT molecular complexity index is 2960. The molecule has 1 fully saturated rings. The summed E-state index contributed by atoms with van der Waals surface area (Å²) in [4.78, 5) is 62.1. The van der Waals surface area contributed by atoms with Gasteiger partial charge in [-0.1, -0.05) is 0 Å². The molecule has 4 aromatic heterocycles. The number of benzene rings is 2. The van der Waals surface area contributed by atoms with Crippen LogP contribution in [0.15, 0.2) is 36.4 Å². The third-order valence-corrected chi connectivity index (χ3v) is 13.7. The van der Waals surface area contributed by atoms with Crippen LogP contribution in [0.1, 0.15) is 105 Å². The largest absolute Gasteiger partial charge is 0.491 e. The van der Waals surface area contributed by atoms with E-state index in [0.717, 1.165) is 0 Å². The predicted molar refractivity (Wildman–Crippen MR) is 244 cm³/mol. The zero-order chi connectivity index (χ0) is 46.9. The van der Waals surface area contributed by atoms with Crippen molar-refractivity contribution in [2.75, 3.05) is 43.5 Å². The number of aryl methyl sites for hydroxylation is 5. The van der Waals surface area contributed by atoms with E-state index in [-0.39, 0.29) is 61.1 Å². The minimum atomic E-state index is -3.52. The fraction of sp³-hybridized carbons (Fsp3) is 0.442. The number of hydrogen-bond acceptors (Lipinski definition) is 13. The lowest BCUT2D eigenvalue weighted by Gasteiger charge is -2.27. The van der Waals surface area contributed by atoms with Gasteiger partial charge >= 0.3 is 0 Å². The molecule has 0 bridgehead atoms. The fourth-order valence-corrected chi connectivity index (χ4v) is 10.1. The van der Waals surface area contributed by atoms with Gasteiger partial charge in [-0.25, -0.2) is 23.1 Å². The SMILES string of the molecule is CCn1nc(C)cc1C(=O)Nc1nc2cc(C(N)=O)cc(OCCCNS(=O)(=O)C3CCNCC3)c2n1CCC[C@H]1COc2cc(C(N)=O)cc3nc(NC(=O)c4cc(C)nn4CC)n1c23. The highest BCUT2D eigenvalue weighted by Gasteiger charge is 2.31. The Balaban J connectivity index is 1.10. The number of sulfonamides is 1. The zero-order valence-corrected chi connectivity index (χ0v) is 38.0. The third-order valence-electron chi connectivity index (χ3n) is 11.8. The first-order chi connectivity index (χ1) is 31.6. The van der Waals surface area contributed by atoms with Gasteiger partial charge in [0.05, 0.1) is 40.3 Å². The van der Waals surface area contributed by atoms with E-state index in [0.29, 0.717) is 109 Å². The molecule has 22 nitrogen and oxygen atoms in total. The molecule has 6 heterocycles. The van der Waals surface area contributed by atoms with E-state index in [2.05, 4.69) is 30.9 Å². The van der Waals surface area contributed by atoms with Crippen molar-refractivity contribution >= 4 is 67.6 Å². The van der Waals surface area contributed by atoms with Crippen LogP contribution in [0.5, 0.6) is 11.5 Å². The number of aromatic nitrogens is 8. The van der Waals surface area contributed by atoms with Crippen molar-refractivity contribution in [2.24, 2.45) is 11.5 Å². The first-order valence-electron chi connectivity index (χ1n) is 22.0. The summed E-state index contributed by atoms with van der Waals surface area (Å²) in [5.41, 5.74) is 15.5. The summed E-state index contributed by atoms with van der Waals surface area (Å²) in [7, 11) is -3.52. The number of amides is 4. The van der Waals surface area contributed by atoms with Crippen molar-refractivity contribution in [1.29, 1.82) is 0 Å². The van der Waals surface area contributed by atoms with E-state index in [9.17, 15) is 27.6 Å². The van der Waals surface area contributed by atoms with Crippen LogP contribution in [-0.2, 0) is 29.7 Å². The highest BCUT2D eigenvalue weighted by Crippen LogP contribution is 2.39. The first-order valence-corrected chi connectivity index (χ1v) is 23.6. The molecule has 8 rings (SSSR count). The van der Waals surface area contributed by atoms with Gasteiger partial charge in [-0.05, 0) is 109 Å². The van der Waals surface area contributed by atoms with E-state index in [4.69, 9.17) is 30.9 Å². The number of nitrogens with two attached hydrogens (primary N) is 2. The second-order valence-electron chi connectivity index (χ2n) is 16.4. The Morgan fingerprint density at radius 2 is 1.41 bits per heavy atom. The van der Waals surface area contributed by atoms with Gasteiger partial charge in [-0.15, -0.1) is 0 Å². The number of piperidine rings is 1. The van der Waals surface area contributed by atoms with Gasteiger partial charge in [-0.3, -0.25) is 39.2 Å². The molecule has 2 aromatic carbocycles. The van der Waals surface area contributed by atoms with Crippen LogP contribution in [0.4, 0.5) is 11.9 Å². The van der Waals surface area contributed by atoms with Gasteiger partial charge in [0.1, 0.15) is 40.5 Å². The van der Waals surface area contributed by atoms with Crippen molar-refractivity contribution in [2.45, 2.75) is 90.7 Å². The molecule has 0 radical (unpaired) electrons. The quantitative estimate of drug-likeness (QED) is 0.0638. The zero-order valence-electron chi connectivity index (χ0n) is 37.2. The number of nitrogens with one attached hydrogen (secondary N) is 4. The Morgan fingerprint density at radius 1 is 0.818 bits per heavy atom. The van der Waals surface area contributed by atoms with Crippen LogP contribution in [-0.4, -0.2) is 109 Å². The number of fused-ring (bicyclic) bond motifs is 1. The molecule has 1 saturated heterocycles. The summed E-state index contributed by atoms with van der Waals surface area (Å²) < 4.78 is 48.0. The van der Waals surface area contributed by atoms with Gasteiger partial charge in [0.2, 0.25) is 33.7 Å². The fourth-order valence-electron chi connectivity index (χ4n) is 8.61. The van der Waals surface area contributed by atoms with Crippen LogP contribution in [0, 0.1) is 13.8 Å². The van der Waals surface area contributed by atoms with Gasteiger partial charge in [-0.2, -0.15) is 10.2 Å². The third kappa shape index (κ3) is 9.31. The lowest BCUT2D eigenvalue weighted by molar-refractivity contribution is 0.0991. The van der Waals surface area contributed by atoms with E-state index in [1.54, 1.807) is 52.0 Å². The molecule has 1 atom stereocenters. The van der Waals surface area contributed by atoms with E-state index >= 15 is 0 Å². The first kappa shape index (κ1) is 45.7. The van der Waals surface area contributed by atoms with Gasteiger partial charge in [0, 0.05) is 37.3 Å². The van der Waals surface area contributed by atoms with Crippen molar-refractivity contribution < 1.29 is 37.1 Å². The molecule has 0 aliphatic carbocycles. The number of rotatable bonds is 19. The molecule has 2 aliphatic heterocycles. The van der Waals surface area contributed by atoms with E-state index in [1.165, 1.54) is 12.1 Å². The Morgan fingerprint density at radius 3 is 2.03 bits per heavy atom. The summed E-state index contributed by atoms with van der Waals surface area (Å²) in [5.74, 6) is -1.20. The topological polar surface area (TPSA) is 292 Å². The molecule has 0 unspecified atom stereocenters. The van der Waals surface area contributed by atoms with Crippen molar-refractivity contribution in [3.63, 3.8) is 0 Å².